The molecule has 2 atom stereocenters. The van der Waals surface area contributed by atoms with Gasteiger partial charge in [-0.2, -0.15) is 15.4 Å². The monoisotopic (exact) mass is 326 g/mol. The first-order valence-electron chi connectivity index (χ1n) is 7.67. The molecule has 2 heterocycles. The predicted molar refractivity (Wildman–Crippen MR) is 84.7 cm³/mol. The van der Waals surface area contributed by atoms with Crippen LogP contribution in [0.25, 0.3) is 11.0 Å². The van der Waals surface area contributed by atoms with E-state index in [1.54, 1.807) is 35.2 Å². The summed E-state index contributed by atoms with van der Waals surface area (Å²) in [6, 6.07) is 10.9. The number of aromatic amines is 1. The number of β-amino-alcohol motifs (C(OH)–C–C–N with tert-alkyl or cyclic N) is 1. The molecule has 6 nitrogen and oxygen atoms in total. The highest BCUT2D eigenvalue weighted by molar-refractivity contribution is 5.97. The Morgan fingerprint density at radius 2 is 1.92 bits per heavy atom. The first-order chi connectivity index (χ1) is 11.6. The normalized spacial score (nSPS) is 20.7. The molecule has 1 aliphatic rings. The number of aliphatic hydroxyl groups is 1. The minimum atomic E-state index is -0.597. The third-order valence-electron chi connectivity index (χ3n) is 4.36. The van der Waals surface area contributed by atoms with Crippen LogP contribution in [0.1, 0.15) is 28.4 Å². The summed E-state index contributed by atoms with van der Waals surface area (Å²) < 4.78 is 13.1. The second-order valence-corrected chi connectivity index (χ2v) is 5.94. The maximum absolute atomic E-state index is 13.1. The van der Waals surface area contributed by atoms with Crippen molar-refractivity contribution in [3.63, 3.8) is 0 Å². The molecule has 1 saturated heterocycles. The Morgan fingerprint density at radius 1 is 1.17 bits per heavy atom. The van der Waals surface area contributed by atoms with Crippen LogP contribution in [-0.2, 0) is 0 Å². The number of rotatable bonds is 2. The molecule has 1 aliphatic heterocycles. The summed E-state index contributed by atoms with van der Waals surface area (Å²) in [7, 11) is 0. The molecular formula is C17H15FN4O2. The number of benzene rings is 2. The van der Waals surface area contributed by atoms with E-state index in [1.165, 1.54) is 12.1 Å². The molecule has 0 spiro atoms. The summed E-state index contributed by atoms with van der Waals surface area (Å²) in [5.41, 5.74) is 2.59. The zero-order chi connectivity index (χ0) is 16.7. The highest BCUT2D eigenvalue weighted by Gasteiger charge is 2.35. The third-order valence-corrected chi connectivity index (χ3v) is 4.36. The quantitative estimate of drug-likeness (QED) is 0.755. The molecule has 122 valence electrons. The summed E-state index contributed by atoms with van der Waals surface area (Å²) in [5.74, 6) is -0.516. The number of carbonyl (C=O) groups excluding carboxylic acids is 1. The van der Waals surface area contributed by atoms with Crippen LogP contribution in [0.3, 0.4) is 0 Å². The van der Waals surface area contributed by atoms with E-state index in [2.05, 4.69) is 15.4 Å². The lowest BCUT2D eigenvalue weighted by atomic mass is 10.0. The summed E-state index contributed by atoms with van der Waals surface area (Å²) in [6.45, 7) is 0.248. The van der Waals surface area contributed by atoms with Gasteiger partial charge in [0.05, 0.1) is 12.1 Å². The number of hydrogen-bond acceptors (Lipinski definition) is 4. The zero-order valence-electron chi connectivity index (χ0n) is 12.7. The maximum atomic E-state index is 13.1. The number of carbonyl (C=O) groups is 1. The predicted octanol–water partition coefficient (Wildman–Crippen LogP) is 2.05. The topological polar surface area (TPSA) is 82.1 Å². The Labute approximate surface area is 136 Å². The molecular weight excluding hydrogens is 311 g/mol. The molecule has 2 N–H and O–H groups in total. The van der Waals surface area contributed by atoms with Crippen LogP contribution >= 0.6 is 0 Å². The highest BCUT2D eigenvalue weighted by atomic mass is 19.1. The summed E-state index contributed by atoms with van der Waals surface area (Å²) in [5, 5.41) is 20.5. The number of likely N-dealkylation sites (tertiary alicyclic amines) is 1. The van der Waals surface area contributed by atoms with Crippen LogP contribution in [0.4, 0.5) is 4.39 Å². The van der Waals surface area contributed by atoms with Crippen LogP contribution in [0.15, 0.2) is 42.5 Å². The summed E-state index contributed by atoms with van der Waals surface area (Å²) in [4.78, 5) is 14.5. The maximum Gasteiger partial charge on any atom is 0.254 e. The van der Waals surface area contributed by atoms with E-state index in [0.29, 0.717) is 23.0 Å². The fraction of sp³-hybridized carbons (Fsp3) is 0.235. The second-order valence-electron chi connectivity index (χ2n) is 5.94. The third kappa shape index (κ3) is 2.52. The number of fused-ring (bicyclic) bond motifs is 1. The SMILES string of the molecule is O=C(c1ccc2n[nH]nc2c1)N1C[C@@H](O)C[C@@H]1c1ccc(F)cc1. The zero-order valence-corrected chi connectivity index (χ0v) is 12.7. The van der Waals surface area contributed by atoms with Gasteiger partial charge in [0.25, 0.3) is 5.91 Å². The molecule has 0 aliphatic carbocycles. The number of aromatic nitrogens is 3. The molecule has 7 heteroatoms. The molecule has 0 bridgehead atoms. The van der Waals surface area contributed by atoms with Crippen molar-refractivity contribution in [1.29, 1.82) is 0 Å². The van der Waals surface area contributed by atoms with Gasteiger partial charge in [-0.25, -0.2) is 4.39 Å². The number of hydrogen-bond donors (Lipinski definition) is 2. The molecule has 1 amide bonds. The number of amides is 1. The fourth-order valence-corrected chi connectivity index (χ4v) is 3.18. The summed E-state index contributed by atoms with van der Waals surface area (Å²) in [6.07, 6.45) is -0.163. The van der Waals surface area contributed by atoms with E-state index in [4.69, 9.17) is 0 Å². The van der Waals surface area contributed by atoms with E-state index in [1.807, 2.05) is 0 Å². The van der Waals surface area contributed by atoms with Crippen molar-refractivity contribution in [1.82, 2.24) is 20.3 Å². The fourth-order valence-electron chi connectivity index (χ4n) is 3.18. The van der Waals surface area contributed by atoms with Crippen molar-refractivity contribution < 1.29 is 14.3 Å². The highest BCUT2D eigenvalue weighted by Crippen LogP contribution is 2.33. The van der Waals surface area contributed by atoms with E-state index >= 15 is 0 Å². The molecule has 1 aromatic heterocycles. The van der Waals surface area contributed by atoms with Crippen LogP contribution in [0.2, 0.25) is 0 Å². The van der Waals surface area contributed by atoms with Gasteiger partial charge in [-0.3, -0.25) is 4.79 Å². The van der Waals surface area contributed by atoms with E-state index in [-0.39, 0.29) is 24.3 Å². The van der Waals surface area contributed by atoms with E-state index in [9.17, 15) is 14.3 Å². The number of aliphatic hydroxyl groups excluding tert-OH is 1. The van der Waals surface area contributed by atoms with Crippen molar-refractivity contribution in [2.45, 2.75) is 18.6 Å². The first kappa shape index (κ1) is 14.8. The molecule has 0 saturated carbocycles. The number of nitrogens with zero attached hydrogens (tertiary/aromatic N) is 3. The van der Waals surface area contributed by atoms with Crippen LogP contribution in [0.5, 0.6) is 0 Å². The number of nitrogens with one attached hydrogen (secondary N) is 1. The Kier molecular flexibility index (Phi) is 3.50. The van der Waals surface area contributed by atoms with Crippen LogP contribution in [-0.4, -0.2) is 44.0 Å². The molecule has 3 aromatic rings. The Balaban J connectivity index is 1.67. The van der Waals surface area contributed by atoms with Crippen LogP contribution in [0, 0.1) is 5.82 Å². The minimum Gasteiger partial charge on any atom is -0.391 e. The van der Waals surface area contributed by atoms with Gasteiger partial charge in [-0.1, -0.05) is 12.1 Å². The van der Waals surface area contributed by atoms with Crippen molar-refractivity contribution >= 4 is 16.9 Å². The second kappa shape index (κ2) is 5.68. The smallest absolute Gasteiger partial charge is 0.254 e. The number of H-pyrrole nitrogens is 1. The van der Waals surface area contributed by atoms with Gasteiger partial charge < -0.3 is 10.0 Å². The lowest BCUT2D eigenvalue weighted by molar-refractivity contribution is 0.0716. The van der Waals surface area contributed by atoms with E-state index in [0.717, 1.165) is 5.56 Å². The van der Waals surface area contributed by atoms with Gasteiger partial charge in [0, 0.05) is 12.1 Å². The van der Waals surface area contributed by atoms with Gasteiger partial charge in [0.2, 0.25) is 0 Å². The molecule has 1 fully saturated rings. The lowest BCUT2D eigenvalue weighted by Gasteiger charge is -2.25. The van der Waals surface area contributed by atoms with Gasteiger partial charge in [0.1, 0.15) is 16.9 Å². The molecule has 2 aromatic carbocycles. The Morgan fingerprint density at radius 3 is 2.71 bits per heavy atom. The Hall–Kier alpha value is -2.80. The molecule has 4 rings (SSSR count). The minimum absolute atomic E-state index is 0.189. The standard InChI is InChI=1S/C17H15FN4O2/c18-12-4-1-10(2-5-12)16-8-13(23)9-22(16)17(24)11-3-6-14-15(7-11)20-21-19-14/h1-7,13,16,23H,8-9H2,(H,19,20,21)/t13-,16+/m0/s1. The van der Waals surface area contributed by atoms with Crippen LogP contribution < -0.4 is 0 Å². The summed E-state index contributed by atoms with van der Waals surface area (Å²) >= 11 is 0. The van der Waals surface area contributed by atoms with Gasteiger partial charge in [0.15, 0.2) is 0 Å². The lowest BCUT2D eigenvalue weighted by Crippen LogP contribution is -2.31. The van der Waals surface area contributed by atoms with Crippen molar-refractivity contribution in [2.24, 2.45) is 0 Å². The average Bonchev–Trinajstić information content (AvgIpc) is 3.20. The largest absolute Gasteiger partial charge is 0.391 e. The molecule has 0 unspecified atom stereocenters. The van der Waals surface area contributed by atoms with E-state index < -0.39 is 6.10 Å². The van der Waals surface area contributed by atoms with Crippen molar-refractivity contribution in [3.05, 3.63) is 59.4 Å². The Bertz CT molecular complexity index is 893. The van der Waals surface area contributed by atoms with Crippen molar-refractivity contribution in [2.75, 3.05) is 6.54 Å². The average molecular weight is 326 g/mol. The van der Waals surface area contributed by atoms with Crippen molar-refractivity contribution in [3.8, 4) is 0 Å². The first-order valence-corrected chi connectivity index (χ1v) is 7.67. The van der Waals surface area contributed by atoms with Gasteiger partial charge in [-0.05, 0) is 42.3 Å². The molecule has 24 heavy (non-hydrogen) atoms. The van der Waals surface area contributed by atoms with Gasteiger partial charge >= 0.3 is 0 Å². The van der Waals surface area contributed by atoms with Gasteiger partial charge in [-0.15, -0.1) is 0 Å². The molecule has 0 radical (unpaired) electrons. The number of halogens is 1.